The number of halogens is 1. The van der Waals surface area contributed by atoms with Gasteiger partial charge >= 0.3 is 6.09 Å². The molecule has 1 aromatic rings. The Bertz CT molecular complexity index is 528. The van der Waals surface area contributed by atoms with Crippen molar-refractivity contribution in [3.8, 4) is 11.5 Å². The van der Waals surface area contributed by atoms with E-state index in [2.05, 4.69) is 0 Å². The predicted molar refractivity (Wildman–Crippen MR) is 77.6 cm³/mol. The molecule has 0 aromatic heterocycles. The third kappa shape index (κ3) is 2.69. The van der Waals surface area contributed by atoms with Crippen molar-refractivity contribution < 1.29 is 14.3 Å². The molecule has 1 fully saturated rings. The standard InChI is InChI=1S/C14H19ClN2O3/c1-8-11(15)7-10(9(2)16)13(19-3)12(8)20-14(18)17-5-4-6-17/h7,9H,4-6,16H2,1-3H3. The average molecular weight is 299 g/mol. The maximum atomic E-state index is 12.0. The number of ether oxygens (including phenoxy) is 2. The Morgan fingerprint density at radius 1 is 1.45 bits per heavy atom. The van der Waals surface area contributed by atoms with Gasteiger partial charge in [0.25, 0.3) is 0 Å². The highest BCUT2D eigenvalue weighted by Crippen LogP contribution is 2.41. The van der Waals surface area contributed by atoms with Crippen molar-refractivity contribution >= 4 is 17.7 Å². The van der Waals surface area contributed by atoms with Crippen LogP contribution in [0.2, 0.25) is 5.02 Å². The van der Waals surface area contributed by atoms with Gasteiger partial charge in [-0.1, -0.05) is 11.6 Å². The Morgan fingerprint density at radius 3 is 2.55 bits per heavy atom. The molecule has 2 rings (SSSR count). The van der Waals surface area contributed by atoms with Crippen LogP contribution in [0.15, 0.2) is 6.07 Å². The Balaban J connectivity index is 2.40. The molecule has 1 saturated heterocycles. The quantitative estimate of drug-likeness (QED) is 0.932. The third-order valence-corrected chi connectivity index (χ3v) is 3.84. The first-order chi connectivity index (χ1) is 9.45. The van der Waals surface area contributed by atoms with E-state index in [1.165, 1.54) is 7.11 Å². The van der Waals surface area contributed by atoms with Gasteiger partial charge in [-0.15, -0.1) is 0 Å². The molecule has 0 bridgehead atoms. The normalized spacial score (nSPS) is 15.6. The molecule has 1 aliphatic rings. The van der Waals surface area contributed by atoms with Crippen molar-refractivity contribution in [1.29, 1.82) is 0 Å². The van der Waals surface area contributed by atoms with E-state index in [1.807, 2.05) is 6.92 Å². The summed E-state index contributed by atoms with van der Waals surface area (Å²) < 4.78 is 10.8. The molecular formula is C14H19ClN2O3. The molecule has 1 heterocycles. The summed E-state index contributed by atoms with van der Waals surface area (Å²) in [5, 5.41) is 0.504. The lowest BCUT2D eigenvalue weighted by atomic mass is 10.0. The van der Waals surface area contributed by atoms with Gasteiger partial charge in [-0.3, -0.25) is 0 Å². The van der Waals surface area contributed by atoms with Gasteiger partial charge in [-0.2, -0.15) is 0 Å². The van der Waals surface area contributed by atoms with Crippen molar-refractivity contribution in [2.75, 3.05) is 20.2 Å². The molecule has 6 heteroatoms. The molecule has 5 nitrogen and oxygen atoms in total. The molecule has 1 aliphatic heterocycles. The summed E-state index contributed by atoms with van der Waals surface area (Å²) in [5.74, 6) is 0.819. The number of hydrogen-bond acceptors (Lipinski definition) is 4. The van der Waals surface area contributed by atoms with Crippen molar-refractivity contribution in [3.63, 3.8) is 0 Å². The fourth-order valence-electron chi connectivity index (χ4n) is 2.04. The Kier molecular flexibility index (Phi) is 4.40. The topological polar surface area (TPSA) is 64.8 Å². The van der Waals surface area contributed by atoms with E-state index in [4.69, 9.17) is 26.8 Å². The van der Waals surface area contributed by atoms with Crippen LogP contribution < -0.4 is 15.2 Å². The van der Waals surface area contributed by atoms with E-state index in [0.717, 1.165) is 25.1 Å². The van der Waals surface area contributed by atoms with Gasteiger partial charge < -0.3 is 20.1 Å². The minimum atomic E-state index is -0.379. The van der Waals surface area contributed by atoms with Gasteiger partial charge in [0, 0.05) is 35.3 Å². The number of likely N-dealkylation sites (tertiary alicyclic amines) is 1. The summed E-state index contributed by atoms with van der Waals surface area (Å²) in [5.41, 5.74) is 7.30. The molecule has 0 spiro atoms. The molecule has 0 aliphatic carbocycles. The first kappa shape index (κ1) is 14.9. The smallest absolute Gasteiger partial charge is 0.415 e. The number of carbonyl (C=O) groups is 1. The SMILES string of the molecule is COc1c(C(C)N)cc(Cl)c(C)c1OC(=O)N1CCC1. The van der Waals surface area contributed by atoms with E-state index >= 15 is 0 Å². The second kappa shape index (κ2) is 5.89. The molecular weight excluding hydrogens is 280 g/mol. The van der Waals surface area contributed by atoms with Crippen molar-refractivity contribution in [3.05, 3.63) is 22.2 Å². The molecule has 1 aromatic carbocycles. The number of carbonyl (C=O) groups excluding carboxylic acids is 1. The lowest BCUT2D eigenvalue weighted by Crippen LogP contribution is -2.43. The highest BCUT2D eigenvalue weighted by molar-refractivity contribution is 6.31. The second-order valence-corrected chi connectivity index (χ2v) is 5.34. The summed E-state index contributed by atoms with van der Waals surface area (Å²) in [7, 11) is 1.52. The van der Waals surface area contributed by atoms with Crippen LogP contribution in [0.1, 0.15) is 30.5 Å². The average Bonchev–Trinajstić information content (AvgIpc) is 2.32. The second-order valence-electron chi connectivity index (χ2n) is 4.93. The molecule has 1 unspecified atom stereocenters. The van der Waals surface area contributed by atoms with E-state index in [9.17, 15) is 4.79 Å². The number of methoxy groups -OCH3 is 1. The lowest BCUT2D eigenvalue weighted by Gasteiger charge is -2.30. The maximum Gasteiger partial charge on any atom is 0.415 e. The first-order valence-corrected chi connectivity index (χ1v) is 6.92. The maximum absolute atomic E-state index is 12.0. The van der Waals surface area contributed by atoms with Crippen LogP contribution in [0.3, 0.4) is 0 Å². The van der Waals surface area contributed by atoms with E-state index < -0.39 is 0 Å². The summed E-state index contributed by atoms with van der Waals surface area (Å²) in [4.78, 5) is 13.6. The Hall–Kier alpha value is -1.46. The highest BCUT2D eigenvalue weighted by Gasteiger charge is 2.26. The van der Waals surface area contributed by atoms with Crippen molar-refractivity contribution in [1.82, 2.24) is 4.90 Å². The van der Waals surface area contributed by atoms with Crippen LogP contribution in [0.25, 0.3) is 0 Å². The fourth-order valence-corrected chi connectivity index (χ4v) is 2.25. The largest absolute Gasteiger partial charge is 0.492 e. The van der Waals surface area contributed by atoms with E-state index in [0.29, 0.717) is 22.1 Å². The van der Waals surface area contributed by atoms with Crippen LogP contribution in [-0.2, 0) is 0 Å². The molecule has 20 heavy (non-hydrogen) atoms. The number of nitrogens with zero attached hydrogens (tertiary/aromatic N) is 1. The van der Waals surface area contributed by atoms with Crippen LogP contribution in [-0.4, -0.2) is 31.2 Å². The predicted octanol–water partition coefficient (Wildman–Crippen LogP) is 2.88. The van der Waals surface area contributed by atoms with Gasteiger partial charge in [-0.05, 0) is 26.3 Å². The zero-order valence-electron chi connectivity index (χ0n) is 11.9. The summed E-state index contributed by atoms with van der Waals surface area (Å²) in [6.07, 6.45) is 0.627. The van der Waals surface area contributed by atoms with Gasteiger partial charge in [0.2, 0.25) is 0 Å². The number of nitrogens with two attached hydrogens (primary N) is 1. The van der Waals surface area contributed by atoms with Gasteiger partial charge in [0.1, 0.15) is 0 Å². The Labute approximate surface area is 123 Å². The molecule has 1 atom stereocenters. The molecule has 0 radical (unpaired) electrons. The molecule has 1 amide bonds. The number of amides is 1. The van der Waals surface area contributed by atoms with E-state index in [-0.39, 0.29) is 12.1 Å². The van der Waals surface area contributed by atoms with Crippen molar-refractivity contribution in [2.45, 2.75) is 26.3 Å². The van der Waals surface area contributed by atoms with Crippen molar-refractivity contribution in [2.24, 2.45) is 5.73 Å². The highest BCUT2D eigenvalue weighted by atomic mass is 35.5. The molecule has 0 saturated carbocycles. The summed E-state index contributed by atoms with van der Waals surface area (Å²) in [6.45, 7) is 5.06. The number of rotatable bonds is 3. The van der Waals surface area contributed by atoms with Gasteiger partial charge in [0.15, 0.2) is 11.5 Å². The third-order valence-electron chi connectivity index (χ3n) is 3.45. The van der Waals surface area contributed by atoms with Crippen LogP contribution >= 0.6 is 11.6 Å². The first-order valence-electron chi connectivity index (χ1n) is 6.55. The number of hydrogen-bond donors (Lipinski definition) is 1. The zero-order chi connectivity index (χ0) is 14.9. The van der Waals surface area contributed by atoms with E-state index in [1.54, 1.807) is 17.9 Å². The fraction of sp³-hybridized carbons (Fsp3) is 0.500. The zero-order valence-corrected chi connectivity index (χ0v) is 12.7. The summed E-state index contributed by atoms with van der Waals surface area (Å²) in [6, 6.07) is 1.48. The number of benzene rings is 1. The summed E-state index contributed by atoms with van der Waals surface area (Å²) >= 11 is 6.19. The minimum Gasteiger partial charge on any atom is -0.492 e. The minimum absolute atomic E-state index is 0.274. The molecule has 110 valence electrons. The van der Waals surface area contributed by atoms with Gasteiger partial charge in [0.05, 0.1) is 7.11 Å². The Morgan fingerprint density at radius 2 is 2.10 bits per heavy atom. The van der Waals surface area contributed by atoms with Crippen LogP contribution in [0.5, 0.6) is 11.5 Å². The molecule has 2 N–H and O–H groups in total. The van der Waals surface area contributed by atoms with Gasteiger partial charge in [-0.25, -0.2) is 4.79 Å². The monoisotopic (exact) mass is 298 g/mol. The lowest BCUT2D eigenvalue weighted by molar-refractivity contribution is 0.123. The van der Waals surface area contributed by atoms with Crippen LogP contribution in [0, 0.1) is 6.92 Å². The van der Waals surface area contributed by atoms with Crippen LogP contribution in [0.4, 0.5) is 4.79 Å².